The molecule has 1 aromatic heterocycles. The lowest BCUT2D eigenvalue weighted by Gasteiger charge is -2.24. The van der Waals surface area contributed by atoms with Crippen molar-refractivity contribution in [2.24, 2.45) is 0 Å². The van der Waals surface area contributed by atoms with Gasteiger partial charge in [-0.15, -0.1) is 0 Å². The van der Waals surface area contributed by atoms with Crippen molar-refractivity contribution in [3.63, 3.8) is 0 Å². The van der Waals surface area contributed by atoms with E-state index >= 15 is 0 Å². The molecule has 152 valence electrons. The minimum absolute atomic E-state index is 0.0848. The Morgan fingerprint density at radius 3 is 2.43 bits per heavy atom. The van der Waals surface area contributed by atoms with Crippen LogP contribution in [0.5, 0.6) is 11.5 Å². The summed E-state index contributed by atoms with van der Waals surface area (Å²) in [5, 5.41) is 0. The summed E-state index contributed by atoms with van der Waals surface area (Å²) in [5.74, 6) is 1.84. The molecule has 5 nitrogen and oxygen atoms in total. The van der Waals surface area contributed by atoms with E-state index in [1.807, 2.05) is 32.0 Å². The summed E-state index contributed by atoms with van der Waals surface area (Å²) in [6.45, 7) is 4.50. The van der Waals surface area contributed by atoms with Crippen LogP contribution in [0.2, 0.25) is 0 Å². The first kappa shape index (κ1) is 22.1. The Morgan fingerprint density at radius 2 is 1.82 bits per heavy atom. The SMILES string of the molecule is CC.COc1ccc(N(CCS)C(=O)c2ccncc2)cc1OC1CCCC1. The maximum Gasteiger partial charge on any atom is 0.258 e. The van der Waals surface area contributed by atoms with Gasteiger partial charge in [0, 0.05) is 42.0 Å². The van der Waals surface area contributed by atoms with Gasteiger partial charge in [-0.25, -0.2) is 0 Å². The minimum atomic E-state index is -0.0848. The number of pyridine rings is 1. The summed E-state index contributed by atoms with van der Waals surface area (Å²) in [4.78, 5) is 18.6. The Balaban J connectivity index is 0.00000136. The van der Waals surface area contributed by atoms with Crippen molar-refractivity contribution in [2.75, 3.05) is 24.3 Å². The smallest absolute Gasteiger partial charge is 0.258 e. The predicted octanol–water partition coefficient (Wildman–Crippen LogP) is 5.01. The van der Waals surface area contributed by atoms with Crippen LogP contribution < -0.4 is 14.4 Å². The summed E-state index contributed by atoms with van der Waals surface area (Å²) in [7, 11) is 1.63. The molecule has 1 amide bonds. The quantitative estimate of drug-likeness (QED) is 0.661. The van der Waals surface area contributed by atoms with Crippen molar-refractivity contribution < 1.29 is 14.3 Å². The molecule has 1 aliphatic carbocycles. The van der Waals surface area contributed by atoms with Crippen LogP contribution >= 0.6 is 12.6 Å². The summed E-state index contributed by atoms with van der Waals surface area (Å²) in [6.07, 6.45) is 7.96. The van der Waals surface area contributed by atoms with Crippen LogP contribution in [0.15, 0.2) is 42.7 Å². The summed E-state index contributed by atoms with van der Waals surface area (Å²) >= 11 is 4.31. The van der Waals surface area contributed by atoms with Crippen LogP contribution in [-0.2, 0) is 0 Å². The zero-order valence-corrected chi connectivity index (χ0v) is 17.8. The fraction of sp³-hybridized carbons (Fsp3) is 0.455. The maximum atomic E-state index is 12.9. The topological polar surface area (TPSA) is 51.7 Å². The van der Waals surface area contributed by atoms with E-state index in [9.17, 15) is 4.79 Å². The summed E-state index contributed by atoms with van der Waals surface area (Å²) in [5.41, 5.74) is 1.37. The zero-order valence-electron chi connectivity index (χ0n) is 16.9. The summed E-state index contributed by atoms with van der Waals surface area (Å²) < 4.78 is 11.6. The largest absolute Gasteiger partial charge is 0.493 e. The van der Waals surface area contributed by atoms with Crippen molar-refractivity contribution >= 4 is 24.2 Å². The van der Waals surface area contributed by atoms with Gasteiger partial charge in [-0.1, -0.05) is 13.8 Å². The third-order valence-corrected chi connectivity index (χ3v) is 4.75. The summed E-state index contributed by atoms with van der Waals surface area (Å²) in [6, 6.07) is 9.05. The van der Waals surface area contributed by atoms with Gasteiger partial charge in [0.2, 0.25) is 0 Å². The Hall–Kier alpha value is -2.21. The van der Waals surface area contributed by atoms with E-state index in [0.717, 1.165) is 18.5 Å². The monoisotopic (exact) mass is 402 g/mol. The van der Waals surface area contributed by atoms with Crippen LogP contribution in [0.4, 0.5) is 5.69 Å². The van der Waals surface area contributed by atoms with E-state index in [0.29, 0.717) is 29.4 Å². The van der Waals surface area contributed by atoms with Crippen LogP contribution in [0, 0.1) is 0 Å². The molecule has 6 heteroatoms. The highest BCUT2D eigenvalue weighted by molar-refractivity contribution is 7.80. The lowest BCUT2D eigenvalue weighted by molar-refractivity contribution is 0.0988. The number of hydrogen-bond donors (Lipinski definition) is 1. The van der Waals surface area contributed by atoms with Crippen LogP contribution in [0.25, 0.3) is 0 Å². The highest BCUT2D eigenvalue weighted by Gasteiger charge is 2.22. The van der Waals surface area contributed by atoms with Crippen LogP contribution in [0.3, 0.4) is 0 Å². The molecule has 1 aromatic carbocycles. The molecule has 0 spiro atoms. The molecule has 1 aliphatic rings. The van der Waals surface area contributed by atoms with E-state index in [2.05, 4.69) is 17.6 Å². The fourth-order valence-electron chi connectivity index (χ4n) is 3.21. The third kappa shape index (κ3) is 5.64. The number of carbonyl (C=O) groups is 1. The van der Waals surface area contributed by atoms with Gasteiger partial charge < -0.3 is 14.4 Å². The van der Waals surface area contributed by atoms with Gasteiger partial charge in [0.05, 0.1) is 13.2 Å². The number of thiol groups is 1. The number of amides is 1. The molecule has 1 fully saturated rings. The number of hydrogen-bond acceptors (Lipinski definition) is 5. The molecule has 0 saturated heterocycles. The zero-order chi connectivity index (χ0) is 20.4. The van der Waals surface area contributed by atoms with Gasteiger partial charge in [0.25, 0.3) is 5.91 Å². The molecular weight excluding hydrogens is 372 g/mol. The van der Waals surface area contributed by atoms with E-state index in [1.54, 1.807) is 36.5 Å². The van der Waals surface area contributed by atoms with Gasteiger partial charge in [0.1, 0.15) is 0 Å². The number of anilines is 1. The molecule has 1 heterocycles. The molecular formula is C22H30N2O3S. The van der Waals surface area contributed by atoms with E-state index in [4.69, 9.17) is 9.47 Å². The molecule has 28 heavy (non-hydrogen) atoms. The van der Waals surface area contributed by atoms with E-state index < -0.39 is 0 Å². The van der Waals surface area contributed by atoms with Gasteiger partial charge in [-0.2, -0.15) is 12.6 Å². The number of nitrogens with zero attached hydrogens (tertiary/aromatic N) is 2. The second kappa shape index (κ2) is 11.6. The normalized spacial score (nSPS) is 13.4. The standard InChI is InChI=1S/C20H24N2O3S.C2H6/c1-24-18-7-6-16(14-19(18)25-17-4-2-3-5-17)22(12-13-26)20(23)15-8-10-21-11-9-15;1-2/h6-11,14,17,26H,2-5,12-13H2,1H3;1-2H3. The van der Waals surface area contributed by atoms with Crippen LogP contribution in [-0.4, -0.2) is 36.4 Å². The number of aromatic nitrogens is 1. The van der Waals surface area contributed by atoms with Crippen molar-refractivity contribution in [1.82, 2.24) is 4.98 Å². The minimum Gasteiger partial charge on any atom is -0.493 e. The number of ether oxygens (including phenoxy) is 2. The molecule has 3 rings (SSSR count). The third-order valence-electron chi connectivity index (χ3n) is 4.55. The van der Waals surface area contributed by atoms with Crippen LogP contribution in [0.1, 0.15) is 49.9 Å². The van der Waals surface area contributed by atoms with Gasteiger partial charge in [-0.05, 0) is 49.9 Å². The maximum absolute atomic E-state index is 12.9. The molecule has 0 unspecified atom stereocenters. The fourth-order valence-corrected chi connectivity index (χ4v) is 3.41. The second-order valence-corrected chi connectivity index (χ2v) is 6.72. The van der Waals surface area contributed by atoms with Crippen molar-refractivity contribution in [2.45, 2.75) is 45.6 Å². The van der Waals surface area contributed by atoms with Gasteiger partial charge in [-0.3, -0.25) is 9.78 Å². The second-order valence-electron chi connectivity index (χ2n) is 6.28. The first-order valence-corrected chi connectivity index (χ1v) is 10.5. The highest BCUT2D eigenvalue weighted by atomic mass is 32.1. The molecule has 1 saturated carbocycles. The Kier molecular flexibility index (Phi) is 9.14. The van der Waals surface area contributed by atoms with Crippen molar-refractivity contribution in [3.05, 3.63) is 48.3 Å². The van der Waals surface area contributed by atoms with E-state index in [1.165, 1.54) is 12.8 Å². The molecule has 0 N–H and O–H groups in total. The number of benzene rings is 1. The Morgan fingerprint density at radius 1 is 1.14 bits per heavy atom. The van der Waals surface area contributed by atoms with E-state index in [-0.39, 0.29) is 12.0 Å². The molecule has 0 radical (unpaired) electrons. The number of methoxy groups -OCH3 is 1. The van der Waals surface area contributed by atoms with Crippen molar-refractivity contribution in [3.8, 4) is 11.5 Å². The predicted molar refractivity (Wildman–Crippen MR) is 117 cm³/mol. The number of carbonyl (C=O) groups excluding carboxylic acids is 1. The first-order chi connectivity index (χ1) is 13.7. The lowest BCUT2D eigenvalue weighted by Crippen LogP contribution is -2.32. The Bertz CT molecular complexity index is 734. The van der Waals surface area contributed by atoms with Crippen molar-refractivity contribution in [1.29, 1.82) is 0 Å². The van der Waals surface area contributed by atoms with Gasteiger partial charge in [0.15, 0.2) is 11.5 Å². The molecule has 2 aromatic rings. The number of rotatable bonds is 7. The highest BCUT2D eigenvalue weighted by Crippen LogP contribution is 2.35. The molecule has 0 bridgehead atoms. The average molecular weight is 403 g/mol. The molecule has 0 atom stereocenters. The van der Waals surface area contributed by atoms with Gasteiger partial charge >= 0.3 is 0 Å². The lowest BCUT2D eigenvalue weighted by atomic mass is 10.2. The molecule has 0 aliphatic heterocycles. The average Bonchev–Trinajstić information content (AvgIpc) is 3.27. The Labute approximate surface area is 173 Å². The first-order valence-electron chi connectivity index (χ1n) is 9.90.